The van der Waals surface area contributed by atoms with Crippen molar-refractivity contribution >= 4 is 46.6 Å². The summed E-state index contributed by atoms with van der Waals surface area (Å²) >= 11 is 0. The third kappa shape index (κ3) is 9.37. The third-order valence-electron chi connectivity index (χ3n) is 3.70. The summed E-state index contributed by atoms with van der Waals surface area (Å²) in [4.78, 5) is 67.9. The molecular formula is C16H2Na6O12. The smallest absolute Gasteiger partial charge is 0.545 e. The fourth-order valence-corrected chi connectivity index (χ4v) is 2.70. The molecule has 2 rings (SSSR count). The van der Waals surface area contributed by atoms with Crippen LogP contribution in [0.1, 0.15) is 62.1 Å². The summed E-state index contributed by atoms with van der Waals surface area (Å²) in [7, 11) is 0. The predicted molar refractivity (Wildman–Crippen MR) is 69.9 cm³/mol. The van der Waals surface area contributed by atoms with Crippen molar-refractivity contribution in [1.82, 2.24) is 0 Å². The van der Waals surface area contributed by atoms with Crippen molar-refractivity contribution < 1.29 is 237 Å². The molecule has 0 heterocycles. The molecule has 2 aromatic rings. The monoisotopic (exact) mass is 524 g/mol. The van der Waals surface area contributed by atoms with Gasteiger partial charge in [-0.2, -0.15) is 0 Å². The van der Waals surface area contributed by atoms with Crippen molar-refractivity contribution in [2.24, 2.45) is 0 Å². The molecular weight excluding hydrogens is 522 g/mol. The Morgan fingerprint density at radius 2 is 0.735 bits per heavy atom. The van der Waals surface area contributed by atoms with Gasteiger partial charge in [-0.25, -0.2) is 0 Å². The molecule has 0 unspecified atom stereocenters. The number of hydrogen-bond donors (Lipinski definition) is 0. The van der Waals surface area contributed by atoms with Gasteiger partial charge in [0.1, 0.15) is 0 Å². The fourth-order valence-electron chi connectivity index (χ4n) is 2.70. The molecule has 0 N–H and O–H groups in total. The predicted octanol–water partition coefficient (Wildman–Crippen LogP) is -25.0. The van der Waals surface area contributed by atoms with E-state index < -0.39 is 80.0 Å². The molecule has 34 heavy (non-hydrogen) atoms. The normalized spacial score (nSPS) is 8.59. The molecule has 18 heteroatoms. The van der Waals surface area contributed by atoms with Crippen molar-refractivity contribution in [2.45, 2.75) is 0 Å². The van der Waals surface area contributed by atoms with Gasteiger partial charge in [0.25, 0.3) is 0 Å². The molecule has 144 valence electrons. The summed E-state index contributed by atoms with van der Waals surface area (Å²) in [6.45, 7) is 0. The zero-order valence-corrected chi connectivity index (χ0v) is 31.1. The van der Waals surface area contributed by atoms with Crippen LogP contribution >= 0.6 is 0 Å². The molecule has 0 amide bonds. The molecule has 0 saturated heterocycles. The Hall–Kier alpha value is 1.52. The van der Waals surface area contributed by atoms with E-state index in [2.05, 4.69) is 0 Å². The number of carboxylic acid groups (broad SMARTS) is 6. The van der Waals surface area contributed by atoms with Gasteiger partial charge in [-0.15, -0.1) is 0 Å². The summed E-state index contributed by atoms with van der Waals surface area (Å²) in [5, 5.41) is 65.7. The van der Waals surface area contributed by atoms with E-state index in [0.29, 0.717) is 0 Å². The fraction of sp³-hybridized carbons (Fsp3) is 0. The number of benzene rings is 2. The van der Waals surface area contributed by atoms with Gasteiger partial charge < -0.3 is 59.4 Å². The minimum atomic E-state index is -2.48. The van der Waals surface area contributed by atoms with Crippen LogP contribution in [0.3, 0.4) is 0 Å². The summed E-state index contributed by atoms with van der Waals surface area (Å²) in [5.41, 5.74) is -8.73. The molecule has 0 aromatic heterocycles. The van der Waals surface area contributed by atoms with Gasteiger partial charge in [0.05, 0.1) is 35.8 Å². The van der Waals surface area contributed by atoms with Crippen molar-refractivity contribution in [3.05, 3.63) is 45.5 Å². The van der Waals surface area contributed by atoms with Crippen LogP contribution in [0.25, 0.3) is 10.8 Å². The van der Waals surface area contributed by atoms with Crippen LogP contribution in [0.5, 0.6) is 0 Å². The first kappa shape index (κ1) is 45.4. The number of hydrogen-bond acceptors (Lipinski definition) is 12. The first-order valence-corrected chi connectivity index (χ1v) is 6.85. The molecule has 0 aliphatic rings. The van der Waals surface area contributed by atoms with Crippen molar-refractivity contribution in [3.63, 3.8) is 0 Å². The maximum Gasteiger partial charge on any atom is 1.00 e. The summed E-state index contributed by atoms with van der Waals surface area (Å²) < 4.78 is 0. The Bertz CT molecular complexity index is 1140. The van der Waals surface area contributed by atoms with Gasteiger partial charge in [-0.3, -0.25) is 0 Å². The topological polar surface area (TPSA) is 241 Å². The van der Waals surface area contributed by atoms with Crippen LogP contribution in [0.2, 0.25) is 0 Å². The first-order chi connectivity index (χ1) is 12.9. The van der Waals surface area contributed by atoms with E-state index in [1.807, 2.05) is 0 Å². The Morgan fingerprint density at radius 1 is 0.412 bits per heavy atom. The molecule has 0 fully saturated rings. The Morgan fingerprint density at radius 3 is 1.03 bits per heavy atom. The Labute approximate surface area is 323 Å². The zero-order valence-electron chi connectivity index (χ0n) is 19.1. The van der Waals surface area contributed by atoms with Gasteiger partial charge in [-0.1, -0.05) is 0 Å². The van der Waals surface area contributed by atoms with Crippen LogP contribution in [-0.2, 0) is 0 Å². The van der Waals surface area contributed by atoms with Crippen molar-refractivity contribution in [2.75, 3.05) is 0 Å². The minimum Gasteiger partial charge on any atom is -0.545 e. The van der Waals surface area contributed by atoms with Crippen molar-refractivity contribution in [1.29, 1.82) is 0 Å². The van der Waals surface area contributed by atoms with Crippen LogP contribution in [0.4, 0.5) is 0 Å². The van der Waals surface area contributed by atoms with E-state index in [0.717, 1.165) is 0 Å². The summed E-state index contributed by atoms with van der Waals surface area (Å²) in [6, 6.07) is 0.466. The molecule has 0 aliphatic heterocycles. The van der Waals surface area contributed by atoms with Gasteiger partial charge >= 0.3 is 177 Å². The number of rotatable bonds is 6. The second kappa shape index (κ2) is 18.7. The van der Waals surface area contributed by atoms with E-state index >= 15 is 0 Å². The molecule has 0 spiro atoms. The average Bonchev–Trinajstić information content (AvgIpc) is 2.57. The van der Waals surface area contributed by atoms with Crippen LogP contribution in [0, 0.1) is 0 Å². The van der Waals surface area contributed by atoms with Crippen LogP contribution < -0.4 is 208 Å². The maximum absolute atomic E-state index is 11.5. The van der Waals surface area contributed by atoms with Gasteiger partial charge in [0.15, 0.2) is 0 Å². The van der Waals surface area contributed by atoms with Crippen LogP contribution in [-0.4, -0.2) is 35.8 Å². The number of carboxylic acids is 6. The largest absolute Gasteiger partial charge is 1.00 e. The van der Waals surface area contributed by atoms with Gasteiger partial charge in [-0.05, 0) is 17.5 Å². The number of carbonyl (C=O) groups excluding carboxylic acids is 6. The summed E-state index contributed by atoms with van der Waals surface area (Å²) in [6.07, 6.45) is 0. The van der Waals surface area contributed by atoms with E-state index in [1.54, 1.807) is 0 Å². The number of aromatic carboxylic acids is 6. The first-order valence-electron chi connectivity index (χ1n) is 6.85. The van der Waals surface area contributed by atoms with E-state index in [4.69, 9.17) is 0 Å². The SMILES string of the molecule is O=C([O-])c1cc2c(C(=O)[O-])cc(C(=O)[O-])c(C(=O)[O-])c2c(C(=O)[O-])c1C(=O)[O-].[Na+].[Na+].[Na+].[Na+].[Na+].[Na+]. The number of fused-ring (bicyclic) bond motifs is 1. The maximum atomic E-state index is 11.5. The Kier molecular flexibility index (Phi) is 25.0. The van der Waals surface area contributed by atoms with Gasteiger partial charge in [0, 0.05) is 38.8 Å². The van der Waals surface area contributed by atoms with E-state index in [-0.39, 0.29) is 189 Å². The third-order valence-corrected chi connectivity index (χ3v) is 3.70. The Balaban J connectivity index is -0.000000467. The second-order valence-electron chi connectivity index (χ2n) is 5.17. The zero-order chi connectivity index (χ0) is 21.5. The van der Waals surface area contributed by atoms with Crippen molar-refractivity contribution in [3.8, 4) is 0 Å². The standard InChI is InChI=1S/C16H8O12.6Na/c17-11(18)4-2-6(13(21)22)8(14(23)24)7-3(4)1-5(12(19)20)9(15(25)26)10(7)16(27)28;;;;;;/h1-2H,(H,17,18)(H,19,20)(H,21,22)(H,23,24)(H,25,26)(H,27,28);;;;;;/q;6*+1/p-6. The quantitative estimate of drug-likeness (QED) is 0.320. The average molecular weight is 524 g/mol. The number of carbonyl (C=O) groups is 6. The second-order valence-corrected chi connectivity index (χ2v) is 5.17. The molecule has 2 aromatic carbocycles. The van der Waals surface area contributed by atoms with Gasteiger partial charge in [0.2, 0.25) is 0 Å². The van der Waals surface area contributed by atoms with Crippen LogP contribution in [0.15, 0.2) is 12.1 Å². The van der Waals surface area contributed by atoms with E-state index in [1.165, 1.54) is 0 Å². The minimum absolute atomic E-state index is 0. The molecule has 0 bridgehead atoms. The molecule has 12 nitrogen and oxygen atoms in total. The molecule has 0 saturated carbocycles. The molecule has 0 atom stereocenters. The molecule has 0 aliphatic carbocycles. The van der Waals surface area contributed by atoms with E-state index in [9.17, 15) is 59.4 Å². The summed E-state index contributed by atoms with van der Waals surface area (Å²) in [5.74, 6) is -14.0. The molecule has 0 radical (unpaired) electrons.